The molecule has 0 aliphatic rings. The van der Waals surface area contributed by atoms with Crippen molar-refractivity contribution in [1.29, 1.82) is 0 Å². The summed E-state index contributed by atoms with van der Waals surface area (Å²) in [6.07, 6.45) is 0.786. The van der Waals surface area contributed by atoms with E-state index in [2.05, 4.69) is 10.0 Å². The third-order valence-corrected chi connectivity index (χ3v) is 6.16. The second-order valence-electron chi connectivity index (χ2n) is 7.04. The van der Waals surface area contributed by atoms with Gasteiger partial charge in [-0.05, 0) is 49.9 Å². The van der Waals surface area contributed by atoms with E-state index in [0.29, 0.717) is 25.1 Å². The lowest BCUT2D eigenvalue weighted by Crippen LogP contribution is -2.31. The van der Waals surface area contributed by atoms with E-state index in [-0.39, 0.29) is 29.9 Å². The first kappa shape index (κ1) is 23.1. The average molecular weight is 419 g/mol. The number of ether oxygens (including phenoxy) is 1. The molecule has 7 heteroatoms. The number of carbonyl (C=O) groups excluding carboxylic acids is 1. The molecule has 2 aromatic carbocycles. The number of benzene rings is 2. The van der Waals surface area contributed by atoms with Crippen LogP contribution in [0.5, 0.6) is 0 Å². The van der Waals surface area contributed by atoms with Crippen LogP contribution < -0.4 is 10.0 Å². The monoisotopic (exact) mass is 418 g/mol. The molecular weight excluding hydrogens is 388 g/mol. The molecule has 2 rings (SSSR count). The molecule has 0 spiro atoms. The maximum absolute atomic E-state index is 12.4. The Morgan fingerprint density at radius 2 is 1.79 bits per heavy atom. The van der Waals surface area contributed by atoms with Gasteiger partial charge in [0.2, 0.25) is 15.9 Å². The van der Waals surface area contributed by atoms with E-state index in [9.17, 15) is 13.2 Å². The number of carbonyl (C=O) groups is 1. The van der Waals surface area contributed by atoms with E-state index in [1.54, 1.807) is 19.1 Å². The van der Waals surface area contributed by atoms with Crippen LogP contribution in [0.3, 0.4) is 0 Å². The summed E-state index contributed by atoms with van der Waals surface area (Å²) in [5.74, 6) is -0.190. The van der Waals surface area contributed by atoms with Crippen molar-refractivity contribution in [3.63, 3.8) is 0 Å². The number of hydrogen-bond donors (Lipinski definition) is 2. The molecule has 0 aliphatic carbocycles. The zero-order valence-corrected chi connectivity index (χ0v) is 18.1. The lowest BCUT2D eigenvalue weighted by atomic mass is 10.1. The Morgan fingerprint density at radius 3 is 2.52 bits per heavy atom. The summed E-state index contributed by atoms with van der Waals surface area (Å²) in [7, 11) is -3.62. The predicted molar refractivity (Wildman–Crippen MR) is 114 cm³/mol. The first-order valence-corrected chi connectivity index (χ1v) is 11.3. The van der Waals surface area contributed by atoms with Gasteiger partial charge >= 0.3 is 0 Å². The van der Waals surface area contributed by atoms with Gasteiger partial charge < -0.3 is 10.1 Å². The fraction of sp³-hybridized carbons (Fsp3) is 0.409. The van der Waals surface area contributed by atoms with Crippen LogP contribution in [-0.2, 0) is 19.6 Å². The van der Waals surface area contributed by atoms with Gasteiger partial charge in [-0.15, -0.1) is 0 Å². The molecule has 0 heterocycles. The molecule has 0 aromatic heterocycles. The van der Waals surface area contributed by atoms with Gasteiger partial charge in [0, 0.05) is 26.1 Å². The zero-order chi connectivity index (χ0) is 21.3. The molecule has 1 amide bonds. The van der Waals surface area contributed by atoms with Gasteiger partial charge in [-0.25, -0.2) is 13.1 Å². The summed E-state index contributed by atoms with van der Waals surface area (Å²) in [6.45, 7) is 6.68. The molecule has 0 bridgehead atoms. The summed E-state index contributed by atoms with van der Waals surface area (Å²) >= 11 is 0. The second kappa shape index (κ2) is 11.1. The zero-order valence-electron chi connectivity index (χ0n) is 17.3. The molecule has 158 valence electrons. The largest absolute Gasteiger partial charge is 0.374 e. The lowest BCUT2D eigenvalue weighted by molar-refractivity contribution is -0.120. The van der Waals surface area contributed by atoms with E-state index in [1.165, 1.54) is 0 Å². The summed E-state index contributed by atoms with van der Waals surface area (Å²) < 4.78 is 33.1. The molecule has 2 N–H and O–H groups in total. The van der Waals surface area contributed by atoms with E-state index in [1.807, 2.05) is 50.2 Å². The maximum Gasteiger partial charge on any atom is 0.240 e. The van der Waals surface area contributed by atoms with Crippen LogP contribution in [-0.4, -0.2) is 34.0 Å². The maximum atomic E-state index is 12.4. The molecule has 1 atom stereocenters. The van der Waals surface area contributed by atoms with Crippen molar-refractivity contribution in [2.75, 3.05) is 19.7 Å². The number of nitrogens with one attached hydrogen (secondary N) is 2. The minimum absolute atomic E-state index is 0.00591. The molecular formula is C22H30N2O4S. The first-order chi connectivity index (χ1) is 13.8. The van der Waals surface area contributed by atoms with Crippen LogP contribution in [0, 0.1) is 13.8 Å². The number of sulfonamides is 1. The Bertz CT molecular complexity index is 898. The van der Waals surface area contributed by atoms with E-state index < -0.39 is 10.0 Å². The third kappa shape index (κ3) is 7.61. The Labute approximate surface area is 173 Å². The second-order valence-corrected chi connectivity index (χ2v) is 8.78. The Hall–Kier alpha value is -2.22. The molecule has 0 radical (unpaired) electrons. The van der Waals surface area contributed by atoms with Gasteiger partial charge in [0.05, 0.1) is 11.0 Å². The fourth-order valence-corrected chi connectivity index (χ4v) is 4.20. The highest BCUT2D eigenvalue weighted by molar-refractivity contribution is 7.89. The van der Waals surface area contributed by atoms with Crippen molar-refractivity contribution in [2.45, 2.75) is 44.6 Å². The van der Waals surface area contributed by atoms with Gasteiger partial charge in [0.25, 0.3) is 0 Å². The predicted octanol–water partition coefficient (Wildman–Crippen LogP) is 3.26. The third-order valence-electron chi connectivity index (χ3n) is 4.56. The average Bonchev–Trinajstić information content (AvgIpc) is 2.69. The van der Waals surface area contributed by atoms with Gasteiger partial charge in [0.15, 0.2) is 0 Å². The molecule has 0 aliphatic heterocycles. The molecule has 0 fully saturated rings. The Balaban J connectivity index is 1.64. The van der Waals surface area contributed by atoms with Gasteiger partial charge in [0.1, 0.15) is 0 Å². The summed E-state index contributed by atoms with van der Waals surface area (Å²) in [4.78, 5) is 12.2. The molecule has 6 nitrogen and oxygen atoms in total. The van der Waals surface area contributed by atoms with Gasteiger partial charge in [-0.1, -0.05) is 42.5 Å². The summed E-state index contributed by atoms with van der Waals surface area (Å²) in [5, 5.41) is 2.79. The van der Waals surface area contributed by atoms with Crippen LogP contribution in [0.15, 0.2) is 53.4 Å². The van der Waals surface area contributed by atoms with Crippen molar-refractivity contribution in [2.24, 2.45) is 0 Å². The standard InChI is InChI=1S/C22H30N2O4S/c1-17-10-11-18(2)21(16-17)29(26,27)24-14-12-22(25)23-13-7-15-28-19(3)20-8-5-4-6-9-20/h4-6,8-11,16,19,24H,7,12-15H2,1-3H3,(H,23,25). The fourth-order valence-electron chi connectivity index (χ4n) is 2.84. The van der Waals surface area contributed by atoms with Crippen molar-refractivity contribution in [3.05, 3.63) is 65.2 Å². The SMILES string of the molecule is Cc1ccc(C)c(S(=O)(=O)NCCC(=O)NCCCOC(C)c2ccccc2)c1. The van der Waals surface area contributed by atoms with Crippen molar-refractivity contribution < 1.29 is 17.9 Å². The first-order valence-electron chi connectivity index (χ1n) is 9.80. The van der Waals surface area contributed by atoms with Crippen LogP contribution in [0.4, 0.5) is 0 Å². The van der Waals surface area contributed by atoms with Crippen LogP contribution in [0.1, 0.15) is 42.6 Å². The van der Waals surface area contributed by atoms with E-state index in [4.69, 9.17) is 4.74 Å². The van der Waals surface area contributed by atoms with Crippen LogP contribution in [0.2, 0.25) is 0 Å². The van der Waals surface area contributed by atoms with Crippen LogP contribution in [0.25, 0.3) is 0 Å². The highest BCUT2D eigenvalue weighted by atomic mass is 32.2. The molecule has 29 heavy (non-hydrogen) atoms. The normalized spacial score (nSPS) is 12.5. The topological polar surface area (TPSA) is 84.5 Å². The number of aryl methyl sites for hydroxylation is 2. The summed E-state index contributed by atoms with van der Waals surface area (Å²) in [5.41, 5.74) is 2.67. The number of amides is 1. The molecule has 0 saturated carbocycles. The summed E-state index contributed by atoms with van der Waals surface area (Å²) in [6, 6.07) is 15.2. The Morgan fingerprint density at radius 1 is 1.07 bits per heavy atom. The minimum atomic E-state index is -3.62. The van der Waals surface area contributed by atoms with Crippen molar-refractivity contribution in [3.8, 4) is 0 Å². The minimum Gasteiger partial charge on any atom is -0.374 e. The quantitative estimate of drug-likeness (QED) is 0.549. The van der Waals surface area contributed by atoms with Gasteiger partial charge in [-0.2, -0.15) is 0 Å². The van der Waals surface area contributed by atoms with Crippen molar-refractivity contribution >= 4 is 15.9 Å². The molecule has 2 aromatic rings. The number of hydrogen-bond acceptors (Lipinski definition) is 4. The molecule has 0 saturated heterocycles. The van der Waals surface area contributed by atoms with Crippen LogP contribution >= 0.6 is 0 Å². The highest BCUT2D eigenvalue weighted by Crippen LogP contribution is 2.17. The highest BCUT2D eigenvalue weighted by Gasteiger charge is 2.17. The Kier molecular flexibility index (Phi) is 8.82. The van der Waals surface area contributed by atoms with Gasteiger partial charge in [-0.3, -0.25) is 4.79 Å². The van der Waals surface area contributed by atoms with E-state index in [0.717, 1.165) is 11.1 Å². The molecule has 1 unspecified atom stereocenters. The van der Waals surface area contributed by atoms with E-state index >= 15 is 0 Å². The smallest absolute Gasteiger partial charge is 0.240 e. The van der Waals surface area contributed by atoms with Crippen molar-refractivity contribution in [1.82, 2.24) is 10.0 Å². The lowest BCUT2D eigenvalue weighted by Gasteiger charge is -2.13. The number of rotatable bonds is 11.